The minimum atomic E-state index is -4.14. The maximum Gasteiger partial charge on any atom is 0.339 e. The number of hydrogen-bond donors (Lipinski definition) is 3. The van der Waals surface area contributed by atoms with E-state index in [1.54, 1.807) is 24.3 Å². The molecule has 0 radical (unpaired) electrons. The van der Waals surface area contributed by atoms with E-state index in [0.717, 1.165) is 4.90 Å². The topological polar surface area (TPSA) is 150 Å². The van der Waals surface area contributed by atoms with Crippen molar-refractivity contribution in [1.82, 2.24) is 9.21 Å². The van der Waals surface area contributed by atoms with Crippen molar-refractivity contribution in [2.24, 2.45) is 5.73 Å². The number of carbonyl (C=O) groups is 2. The lowest BCUT2D eigenvalue weighted by Crippen LogP contribution is -2.67. The molecule has 2 saturated heterocycles. The number of rotatable bonds is 5. The van der Waals surface area contributed by atoms with Gasteiger partial charge in [0.05, 0.1) is 6.54 Å². The number of carboxylic acid groups (broad SMARTS) is 1. The molecule has 1 aromatic carbocycles. The minimum Gasteiger partial charge on any atom is -0.490 e. The van der Waals surface area contributed by atoms with E-state index in [2.05, 4.69) is 0 Å². The number of primary amides is 1. The van der Waals surface area contributed by atoms with Crippen molar-refractivity contribution in [2.45, 2.75) is 36.2 Å². The summed E-state index contributed by atoms with van der Waals surface area (Å²) in [7, 11) is -4.14. The van der Waals surface area contributed by atoms with Crippen molar-refractivity contribution in [3.8, 4) is 5.75 Å². The summed E-state index contributed by atoms with van der Waals surface area (Å²) >= 11 is 5.85. The highest BCUT2D eigenvalue weighted by molar-refractivity contribution is 7.89. The van der Waals surface area contributed by atoms with E-state index in [0.29, 0.717) is 23.6 Å². The molecule has 166 valence electrons. The number of hydrogen-bond acceptors (Lipinski definition) is 6. The Labute approximate surface area is 179 Å². The van der Waals surface area contributed by atoms with Gasteiger partial charge in [-0.3, -0.25) is 0 Å². The molecular formula is C18H24ClN3O7S. The van der Waals surface area contributed by atoms with E-state index in [1.165, 1.54) is 4.31 Å². The first kappa shape index (κ1) is 22.6. The second kappa shape index (κ2) is 8.58. The minimum absolute atomic E-state index is 0.0506. The highest BCUT2D eigenvalue weighted by Crippen LogP contribution is 2.32. The van der Waals surface area contributed by atoms with Crippen LogP contribution in [0.2, 0.25) is 5.02 Å². The molecule has 4 N–H and O–H groups in total. The molecule has 10 nitrogen and oxygen atoms in total. The molecule has 2 fully saturated rings. The van der Waals surface area contributed by atoms with Crippen LogP contribution in [0.4, 0.5) is 4.79 Å². The smallest absolute Gasteiger partial charge is 0.339 e. The second-order valence-corrected chi connectivity index (χ2v) is 10.0. The lowest BCUT2D eigenvalue weighted by Gasteiger charge is -2.43. The Morgan fingerprint density at radius 2 is 1.73 bits per heavy atom. The van der Waals surface area contributed by atoms with Gasteiger partial charge in [0.25, 0.3) is 0 Å². The molecule has 2 aliphatic rings. The molecule has 0 saturated carbocycles. The summed E-state index contributed by atoms with van der Waals surface area (Å²) in [5.74, 6) is -1.08. The van der Waals surface area contributed by atoms with Crippen molar-refractivity contribution in [3.05, 3.63) is 29.3 Å². The first-order chi connectivity index (χ1) is 14.0. The SMILES string of the molecule is NC(=O)N1CCC(S(=O)(=O)N2CCC(Oc3ccc(Cl)cc3)CC2)C(O)(C(=O)O)C1. The number of aliphatic carboxylic acids is 1. The molecule has 1 aromatic rings. The monoisotopic (exact) mass is 461 g/mol. The Hall–Kier alpha value is -2.08. The zero-order valence-electron chi connectivity index (χ0n) is 16.1. The molecule has 0 bridgehead atoms. The average molecular weight is 462 g/mol. The number of β-amino-alcohol motifs (C(OH)–C–C–N with tert-alkyl or cyclic N) is 1. The van der Waals surface area contributed by atoms with Crippen LogP contribution in [0.3, 0.4) is 0 Å². The van der Waals surface area contributed by atoms with E-state index in [-0.39, 0.29) is 32.2 Å². The van der Waals surface area contributed by atoms with Gasteiger partial charge < -0.3 is 25.6 Å². The van der Waals surface area contributed by atoms with Crippen molar-refractivity contribution < 1.29 is 33.0 Å². The summed E-state index contributed by atoms with van der Waals surface area (Å²) in [4.78, 5) is 24.0. The molecule has 30 heavy (non-hydrogen) atoms. The zero-order chi connectivity index (χ0) is 22.1. The van der Waals surface area contributed by atoms with Gasteiger partial charge in [0.2, 0.25) is 10.0 Å². The standard InChI is InChI=1S/C18H24ClN3O7S/c19-12-1-3-13(4-2-12)29-14-5-9-22(10-6-14)30(27,28)15-7-8-21(17(20)25)11-18(15,26)16(23)24/h1-4,14-15,26H,5-11H2,(H2,20,25)(H,23,24). The number of piperidine rings is 2. The summed E-state index contributed by atoms with van der Waals surface area (Å²) in [5, 5.41) is 19.2. The maximum absolute atomic E-state index is 13.2. The van der Waals surface area contributed by atoms with Crippen molar-refractivity contribution in [3.63, 3.8) is 0 Å². The fraction of sp³-hybridized carbons (Fsp3) is 0.556. The van der Waals surface area contributed by atoms with Crippen LogP contribution in [0.15, 0.2) is 24.3 Å². The van der Waals surface area contributed by atoms with Crippen LogP contribution in [0.25, 0.3) is 0 Å². The molecule has 2 atom stereocenters. The summed E-state index contributed by atoms with van der Waals surface area (Å²) in [6.45, 7) is -0.471. The molecule has 2 heterocycles. The van der Waals surface area contributed by atoms with E-state index < -0.39 is 39.4 Å². The van der Waals surface area contributed by atoms with Gasteiger partial charge in [-0.05, 0) is 43.5 Å². The van der Waals surface area contributed by atoms with Crippen LogP contribution in [-0.4, -0.2) is 83.0 Å². The number of sulfonamides is 1. The fourth-order valence-electron chi connectivity index (χ4n) is 3.86. The van der Waals surface area contributed by atoms with Crippen molar-refractivity contribution >= 4 is 33.6 Å². The lowest BCUT2D eigenvalue weighted by molar-refractivity contribution is -0.162. The molecule has 2 unspecified atom stereocenters. The third kappa shape index (κ3) is 4.48. The summed E-state index contributed by atoms with van der Waals surface area (Å²) in [6.07, 6.45) is 0.392. The van der Waals surface area contributed by atoms with Crippen molar-refractivity contribution in [1.29, 1.82) is 0 Å². The van der Waals surface area contributed by atoms with Gasteiger partial charge in [-0.25, -0.2) is 22.3 Å². The van der Waals surface area contributed by atoms with E-state index >= 15 is 0 Å². The Morgan fingerprint density at radius 3 is 2.27 bits per heavy atom. The van der Waals surface area contributed by atoms with Crippen LogP contribution in [0, 0.1) is 0 Å². The van der Waals surface area contributed by atoms with Crippen LogP contribution < -0.4 is 10.5 Å². The highest BCUT2D eigenvalue weighted by atomic mass is 35.5. The largest absolute Gasteiger partial charge is 0.490 e. The second-order valence-electron chi connectivity index (χ2n) is 7.48. The van der Waals surface area contributed by atoms with Gasteiger partial charge in [-0.1, -0.05) is 11.6 Å². The summed E-state index contributed by atoms with van der Waals surface area (Å²) in [5.41, 5.74) is 2.54. The Balaban J connectivity index is 1.69. The quantitative estimate of drug-likeness (QED) is 0.577. The zero-order valence-corrected chi connectivity index (χ0v) is 17.7. The number of halogens is 1. The van der Waals surface area contributed by atoms with Gasteiger partial charge in [0.15, 0.2) is 5.60 Å². The Bertz CT molecular complexity index is 903. The molecule has 2 amide bonds. The summed E-state index contributed by atoms with van der Waals surface area (Å²) in [6, 6.07) is 5.94. The van der Waals surface area contributed by atoms with Gasteiger partial charge in [0, 0.05) is 24.7 Å². The Morgan fingerprint density at radius 1 is 1.13 bits per heavy atom. The molecule has 3 rings (SSSR count). The third-order valence-electron chi connectivity index (χ3n) is 5.54. The Kier molecular flexibility index (Phi) is 6.46. The van der Waals surface area contributed by atoms with E-state index in [1.807, 2.05) is 0 Å². The first-order valence-corrected chi connectivity index (χ1v) is 11.3. The molecule has 0 spiro atoms. The predicted molar refractivity (Wildman–Crippen MR) is 108 cm³/mol. The number of amides is 2. The number of carbonyl (C=O) groups excluding carboxylic acids is 1. The fourth-order valence-corrected chi connectivity index (χ4v) is 6.14. The van der Waals surface area contributed by atoms with Gasteiger partial charge in [-0.15, -0.1) is 0 Å². The highest BCUT2D eigenvalue weighted by Gasteiger charge is 2.56. The lowest BCUT2D eigenvalue weighted by atomic mass is 9.92. The number of aliphatic hydroxyl groups is 1. The first-order valence-electron chi connectivity index (χ1n) is 9.45. The van der Waals surface area contributed by atoms with Crippen LogP contribution in [0.1, 0.15) is 19.3 Å². The van der Waals surface area contributed by atoms with Gasteiger partial charge in [0.1, 0.15) is 17.1 Å². The number of ether oxygens (including phenoxy) is 1. The number of likely N-dealkylation sites (tertiary alicyclic amines) is 1. The van der Waals surface area contributed by atoms with Gasteiger partial charge in [-0.2, -0.15) is 0 Å². The van der Waals surface area contributed by atoms with E-state index in [9.17, 15) is 28.2 Å². The summed E-state index contributed by atoms with van der Waals surface area (Å²) < 4.78 is 33.3. The normalized spacial score (nSPS) is 26.3. The molecule has 12 heteroatoms. The number of urea groups is 1. The number of carboxylic acids is 1. The van der Waals surface area contributed by atoms with Gasteiger partial charge >= 0.3 is 12.0 Å². The predicted octanol–water partition coefficient (Wildman–Crippen LogP) is 0.482. The third-order valence-corrected chi connectivity index (χ3v) is 8.23. The van der Waals surface area contributed by atoms with Crippen LogP contribution >= 0.6 is 11.6 Å². The number of nitrogens with two attached hydrogens (primary N) is 1. The van der Waals surface area contributed by atoms with Crippen molar-refractivity contribution in [2.75, 3.05) is 26.2 Å². The molecule has 0 aromatic heterocycles. The average Bonchev–Trinajstić information content (AvgIpc) is 2.69. The van der Waals surface area contributed by atoms with E-state index in [4.69, 9.17) is 22.1 Å². The van der Waals surface area contributed by atoms with Crippen LogP contribution in [0.5, 0.6) is 5.75 Å². The van der Waals surface area contributed by atoms with Crippen LogP contribution in [-0.2, 0) is 14.8 Å². The molecule has 2 aliphatic heterocycles. The number of nitrogens with zero attached hydrogens (tertiary/aromatic N) is 2. The maximum atomic E-state index is 13.2. The number of benzene rings is 1. The molecular weight excluding hydrogens is 438 g/mol. The molecule has 0 aliphatic carbocycles.